The number of hydrogen-bond acceptors (Lipinski definition) is 3. The molecular weight excluding hydrogens is 156 g/mol. The number of rotatable bonds is 0. The van der Waals surface area contributed by atoms with Crippen molar-refractivity contribution in [1.82, 2.24) is 0 Å². The molecular formula is C5H10S3. The molecule has 0 amide bonds. The van der Waals surface area contributed by atoms with E-state index in [9.17, 15) is 0 Å². The second-order valence-corrected chi connectivity index (χ2v) is 7.04. The van der Waals surface area contributed by atoms with Crippen molar-refractivity contribution in [2.75, 3.05) is 0 Å². The highest BCUT2D eigenvalue weighted by atomic mass is 33.5. The summed E-state index contributed by atoms with van der Waals surface area (Å²) in [4.78, 5) is 0. The monoisotopic (exact) mass is 166 g/mol. The van der Waals surface area contributed by atoms with Crippen LogP contribution in [0, 0.1) is 0 Å². The van der Waals surface area contributed by atoms with Gasteiger partial charge in [0, 0.05) is 10.5 Å². The van der Waals surface area contributed by atoms with Crippen molar-refractivity contribution in [3.8, 4) is 0 Å². The highest BCUT2D eigenvalue weighted by Crippen LogP contribution is 2.47. The van der Waals surface area contributed by atoms with Crippen LogP contribution in [0.1, 0.15) is 20.3 Å². The molecule has 1 heterocycles. The number of hydrogen-bond donors (Lipinski definition) is 0. The third-order valence-electron chi connectivity index (χ3n) is 1.07. The molecule has 0 spiro atoms. The van der Waals surface area contributed by atoms with E-state index in [-0.39, 0.29) is 0 Å². The Morgan fingerprint density at radius 2 is 1.62 bits per heavy atom. The summed E-state index contributed by atoms with van der Waals surface area (Å²) in [5, 5.41) is 1.74. The zero-order valence-corrected chi connectivity index (χ0v) is 7.54. The van der Waals surface area contributed by atoms with Gasteiger partial charge in [0.2, 0.25) is 0 Å². The van der Waals surface area contributed by atoms with Crippen molar-refractivity contribution in [2.45, 2.75) is 30.8 Å². The van der Waals surface area contributed by atoms with Gasteiger partial charge in [0.05, 0.1) is 0 Å². The van der Waals surface area contributed by atoms with E-state index in [1.54, 1.807) is 0 Å². The standard InChI is InChI=1S/C5H10S3/c1-4-3-5(2)7-8-6-4/h4-5H,3H2,1-2H3/t4-,5-/m0/s1. The molecule has 0 aromatic heterocycles. The van der Waals surface area contributed by atoms with Gasteiger partial charge in [-0.05, 0) is 16.2 Å². The Kier molecular flexibility index (Phi) is 2.93. The Morgan fingerprint density at radius 1 is 1.12 bits per heavy atom. The molecule has 0 N–H and O–H groups in total. The predicted octanol–water partition coefficient (Wildman–Crippen LogP) is 3.20. The summed E-state index contributed by atoms with van der Waals surface area (Å²) >= 11 is 0. The molecule has 0 nitrogen and oxygen atoms in total. The molecule has 0 aromatic rings. The van der Waals surface area contributed by atoms with Gasteiger partial charge in [-0.3, -0.25) is 0 Å². The Balaban J connectivity index is 2.23. The lowest BCUT2D eigenvalue weighted by atomic mass is 10.3. The van der Waals surface area contributed by atoms with Crippen molar-refractivity contribution >= 4 is 31.4 Å². The van der Waals surface area contributed by atoms with Gasteiger partial charge in [0.15, 0.2) is 0 Å². The van der Waals surface area contributed by atoms with Crippen LogP contribution in [-0.4, -0.2) is 10.5 Å². The summed E-state index contributed by atoms with van der Waals surface area (Å²) in [5.74, 6) is 0. The van der Waals surface area contributed by atoms with E-state index < -0.39 is 0 Å². The first kappa shape index (κ1) is 7.16. The molecule has 1 fully saturated rings. The lowest BCUT2D eigenvalue weighted by Gasteiger charge is -2.20. The summed E-state index contributed by atoms with van der Waals surface area (Å²) in [6.45, 7) is 4.60. The molecule has 2 atom stereocenters. The molecule has 0 saturated carbocycles. The van der Waals surface area contributed by atoms with Crippen LogP contribution in [0.5, 0.6) is 0 Å². The summed E-state index contributed by atoms with van der Waals surface area (Å²) < 4.78 is 0. The van der Waals surface area contributed by atoms with Gasteiger partial charge < -0.3 is 0 Å². The molecule has 0 aliphatic carbocycles. The summed E-state index contributed by atoms with van der Waals surface area (Å²) in [6.07, 6.45) is 1.38. The lowest BCUT2D eigenvalue weighted by Crippen LogP contribution is -2.07. The van der Waals surface area contributed by atoms with Crippen LogP contribution in [-0.2, 0) is 0 Å². The van der Waals surface area contributed by atoms with Crippen molar-refractivity contribution in [3.05, 3.63) is 0 Å². The third kappa shape index (κ3) is 2.11. The minimum absolute atomic E-state index is 0.872. The molecule has 1 saturated heterocycles. The molecule has 0 unspecified atom stereocenters. The fraction of sp³-hybridized carbons (Fsp3) is 1.00. The van der Waals surface area contributed by atoms with Crippen LogP contribution in [0.2, 0.25) is 0 Å². The summed E-state index contributed by atoms with van der Waals surface area (Å²) in [6, 6.07) is 0. The maximum Gasteiger partial charge on any atom is 0.0142 e. The van der Waals surface area contributed by atoms with Crippen LogP contribution in [0.15, 0.2) is 0 Å². The van der Waals surface area contributed by atoms with Crippen molar-refractivity contribution in [2.24, 2.45) is 0 Å². The molecule has 1 aliphatic heterocycles. The quantitative estimate of drug-likeness (QED) is 0.507. The second kappa shape index (κ2) is 3.28. The summed E-state index contributed by atoms with van der Waals surface area (Å²) in [7, 11) is 5.95. The molecule has 0 bridgehead atoms. The zero-order chi connectivity index (χ0) is 5.98. The van der Waals surface area contributed by atoms with E-state index in [1.165, 1.54) is 6.42 Å². The molecule has 3 heteroatoms. The maximum absolute atomic E-state index is 2.30. The first-order valence-electron chi connectivity index (χ1n) is 2.78. The highest BCUT2D eigenvalue weighted by Gasteiger charge is 2.15. The smallest absolute Gasteiger partial charge is 0.0142 e. The normalized spacial score (nSPS) is 39.8. The topological polar surface area (TPSA) is 0 Å². The predicted molar refractivity (Wildman–Crippen MR) is 46.3 cm³/mol. The average molecular weight is 166 g/mol. The van der Waals surface area contributed by atoms with Gasteiger partial charge in [0.25, 0.3) is 0 Å². The molecule has 1 rings (SSSR count). The van der Waals surface area contributed by atoms with Gasteiger partial charge in [-0.1, -0.05) is 35.4 Å². The van der Waals surface area contributed by atoms with Crippen LogP contribution in [0.25, 0.3) is 0 Å². The summed E-state index contributed by atoms with van der Waals surface area (Å²) in [5.41, 5.74) is 0. The Bertz CT molecular complexity index is 66.1. The fourth-order valence-corrected chi connectivity index (χ4v) is 6.11. The largest absolute Gasteiger partial charge is 0.0794 e. The first-order valence-corrected chi connectivity index (χ1v) is 6.39. The minimum atomic E-state index is 0.872. The maximum atomic E-state index is 2.30. The van der Waals surface area contributed by atoms with Crippen LogP contribution < -0.4 is 0 Å². The second-order valence-electron chi connectivity index (χ2n) is 2.12. The Hall–Kier alpha value is 1.05. The highest BCUT2D eigenvalue weighted by molar-refractivity contribution is 9.09. The molecule has 8 heavy (non-hydrogen) atoms. The van der Waals surface area contributed by atoms with Gasteiger partial charge in [-0.25, -0.2) is 0 Å². The van der Waals surface area contributed by atoms with E-state index in [0.29, 0.717) is 0 Å². The lowest BCUT2D eigenvalue weighted by molar-refractivity contribution is 0.808. The van der Waals surface area contributed by atoms with E-state index in [0.717, 1.165) is 10.5 Å². The van der Waals surface area contributed by atoms with Gasteiger partial charge in [-0.2, -0.15) is 0 Å². The van der Waals surface area contributed by atoms with E-state index in [4.69, 9.17) is 0 Å². The van der Waals surface area contributed by atoms with Gasteiger partial charge in [0.1, 0.15) is 0 Å². The zero-order valence-electron chi connectivity index (χ0n) is 5.09. The van der Waals surface area contributed by atoms with E-state index in [1.807, 2.05) is 31.4 Å². The molecule has 1 aliphatic rings. The van der Waals surface area contributed by atoms with E-state index >= 15 is 0 Å². The van der Waals surface area contributed by atoms with Crippen LogP contribution in [0.4, 0.5) is 0 Å². The van der Waals surface area contributed by atoms with Crippen molar-refractivity contribution in [1.29, 1.82) is 0 Å². The molecule has 48 valence electrons. The fourth-order valence-electron chi connectivity index (χ4n) is 0.703. The van der Waals surface area contributed by atoms with Crippen LogP contribution in [0.3, 0.4) is 0 Å². The minimum Gasteiger partial charge on any atom is -0.0794 e. The van der Waals surface area contributed by atoms with Crippen LogP contribution >= 0.6 is 31.4 Å². The Labute approximate surface area is 62.4 Å². The van der Waals surface area contributed by atoms with Gasteiger partial charge in [-0.15, -0.1) is 0 Å². The van der Waals surface area contributed by atoms with Gasteiger partial charge >= 0.3 is 0 Å². The first-order chi connectivity index (χ1) is 3.79. The Morgan fingerprint density at radius 3 is 1.88 bits per heavy atom. The average Bonchev–Trinajstić information content (AvgIpc) is 1.64. The van der Waals surface area contributed by atoms with Crippen molar-refractivity contribution < 1.29 is 0 Å². The van der Waals surface area contributed by atoms with Crippen molar-refractivity contribution in [3.63, 3.8) is 0 Å². The van der Waals surface area contributed by atoms with E-state index in [2.05, 4.69) is 13.8 Å². The molecule has 0 radical (unpaired) electrons. The SMILES string of the molecule is C[C@H]1C[C@H](C)SSS1. The molecule has 0 aromatic carbocycles. The third-order valence-corrected chi connectivity index (χ3v) is 6.13.